The highest BCUT2D eigenvalue weighted by molar-refractivity contribution is 5.73. The lowest BCUT2D eigenvalue weighted by molar-refractivity contribution is -0.139. The van der Waals surface area contributed by atoms with E-state index in [4.69, 9.17) is 5.73 Å². The molecule has 4 heteroatoms. The second-order valence-corrected chi connectivity index (χ2v) is 4.81. The first-order valence-corrected chi connectivity index (χ1v) is 6.91. The van der Waals surface area contributed by atoms with Crippen LogP contribution in [-0.2, 0) is 4.79 Å². The van der Waals surface area contributed by atoms with Gasteiger partial charge in [-0.2, -0.15) is 0 Å². The Morgan fingerprint density at radius 3 is 2.94 bits per heavy atom. The fourth-order valence-corrected chi connectivity index (χ4v) is 2.14. The van der Waals surface area contributed by atoms with Crippen molar-refractivity contribution in [2.75, 3.05) is 6.54 Å². The molecule has 0 spiro atoms. The molecule has 0 aliphatic heterocycles. The second-order valence-electron chi connectivity index (χ2n) is 4.81. The van der Waals surface area contributed by atoms with Crippen molar-refractivity contribution in [3.8, 4) is 11.8 Å². The van der Waals surface area contributed by atoms with Crippen LogP contribution in [0.2, 0.25) is 0 Å². The number of unbranched alkanes of at least 4 members (excludes halogenated alkanes) is 1. The summed E-state index contributed by atoms with van der Waals surface area (Å²) in [6, 6.07) is -0.459. The standard InChI is InChI=1S/C14H24N2O2/c15-11-7-6-10-13(14(17)18)16-12-8-4-2-1-3-5-9-12/h12-13,16H,1-4,6-8,10-11,15H2,(H,17,18)/t12?,13-/m0/s1. The molecule has 1 aliphatic rings. The molecule has 0 amide bonds. The van der Waals surface area contributed by atoms with Gasteiger partial charge in [0.15, 0.2) is 0 Å². The molecule has 4 nitrogen and oxygen atoms in total. The lowest BCUT2D eigenvalue weighted by Gasteiger charge is -2.20. The Kier molecular flexibility index (Phi) is 7.47. The van der Waals surface area contributed by atoms with Crippen LogP contribution in [0.3, 0.4) is 0 Å². The first-order valence-electron chi connectivity index (χ1n) is 6.91. The van der Waals surface area contributed by atoms with Gasteiger partial charge in [-0.3, -0.25) is 10.1 Å². The summed E-state index contributed by atoms with van der Waals surface area (Å²) in [7, 11) is 0. The Labute approximate surface area is 109 Å². The monoisotopic (exact) mass is 252 g/mol. The molecule has 0 fully saturated rings. The number of carboxylic acids is 1. The van der Waals surface area contributed by atoms with E-state index < -0.39 is 12.0 Å². The van der Waals surface area contributed by atoms with E-state index in [0.29, 0.717) is 13.0 Å². The molecule has 0 saturated carbocycles. The minimum Gasteiger partial charge on any atom is -0.480 e. The summed E-state index contributed by atoms with van der Waals surface area (Å²) in [6.07, 6.45) is 7.72. The summed E-state index contributed by atoms with van der Waals surface area (Å²) in [5, 5.41) is 12.4. The topological polar surface area (TPSA) is 75.3 Å². The fraction of sp³-hybridized carbons (Fsp3) is 0.786. The molecule has 0 aromatic rings. The van der Waals surface area contributed by atoms with Crippen LogP contribution in [0.25, 0.3) is 0 Å². The van der Waals surface area contributed by atoms with E-state index in [2.05, 4.69) is 17.2 Å². The van der Waals surface area contributed by atoms with Crippen molar-refractivity contribution in [2.24, 2.45) is 5.73 Å². The largest absolute Gasteiger partial charge is 0.480 e. The van der Waals surface area contributed by atoms with Crippen molar-refractivity contribution < 1.29 is 9.90 Å². The molecule has 102 valence electrons. The van der Waals surface area contributed by atoms with Crippen LogP contribution in [-0.4, -0.2) is 29.7 Å². The summed E-state index contributed by atoms with van der Waals surface area (Å²) in [4.78, 5) is 11.2. The number of hydrogen-bond acceptors (Lipinski definition) is 3. The SMILES string of the molecule is NCCCC[C@H](NC1C#CCCCCC1)C(=O)O. The third kappa shape index (κ3) is 6.04. The second kappa shape index (κ2) is 8.96. The van der Waals surface area contributed by atoms with Crippen molar-refractivity contribution in [1.82, 2.24) is 5.32 Å². The van der Waals surface area contributed by atoms with Gasteiger partial charge in [-0.1, -0.05) is 25.2 Å². The minimum atomic E-state index is -0.782. The molecule has 1 unspecified atom stereocenters. The summed E-state index contributed by atoms with van der Waals surface area (Å²) in [6.45, 7) is 0.621. The number of carbonyl (C=O) groups is 1. The van der Waals surface area contributed by atoms with Gasteiger partial charge in [0.2, 0.25) is 0 Å². The summed E-state index contributed by atoms with van der Waals surface area (Å²) in [5.74, 6) is 5.49. The lowest BCUT2D eigenvalue weighted by Crippen LogP contribution is -2.43. The van der Waals surface area contributed by atoms with Gasteiger partial charge < -0.3 is 10.8 Å². The van der Waals surface area contributed by atoms with Gasteiger partial charge in [0.05, 0.1) is 6.04 Å². The van der Waals surface area contributed by atoms with Crippen LogP contribution in [0, 0.1) is 11.8 Å². The number of aliphatic carboxylic acids is 1. The quantitative estimate of drug-likeness (QED) is 0.474. The van der Waals surface area contributed by atoms with Crippen molar-refractivity contribution in [2.45, 2.75) is 63.5 Å². The first-order chi connectivity index (χ1) is 8.74. The van der Waals surface area contributed by atoms with E-state index >= 15 is 0 Å². The van der Waals surface area contributed by atoms with E-state index in [-0.39, 0.29) is 6.04 Å². The van der Waals surface area contributed by atoms with Crippen molar-refractivity contribution in [3.05, 3.63) is 0 Å². The van der Waals surface area contributed by atoms with Crippen molar-refractivity contribution >= 4 is 5.97 Å². The maximum atomic E-state index is 11.2. The Bertz CT molecular complexity index is 307. The Hall–Kier alpha value is -1.05. The van der Waals surface area contributed by atoms with Gasteiger partial charge >= 0.3 is 5.97 Å². The van der Waals surface area contributed by atoms with E-state index in [0.717, 1.165) is 32.1 Å². The van der Waals surface area contributed by atoms with Gasteiger partial charge in [-0.25, -0.2) is 0 Å². The maximum absolute atomic E-state index is 11.2. The molecule has 0 aromatic carbocycles. The highest BCUT2D eigenvalue weighted by Gasteiger charge is 2.20. The summed E-state index contributed by atoms with van der Waals surface area (Å²) >= 11 is 0. The predicted octanol–water partition coefficient (Wildman–Crippen LogP) is 1.49. The zero-order valence-corrected chi connectivity index (χ0v) is 11.0. The Balaban J connectivity index is 2.44. The highest BCUT2D eigenvalue weighted by Crippen LogP contribution is 2.10. The predicted molar refractivity (Wildman–Crippen MR) is 72.1 cm³/mol. The molecule has 1 aliphatic carbocycles. The zero-order valence-electron chi connectivity index (χ0n) is 11.0. The highest BCUT2D eigenvalue weighted by atomic mass is 16.4. The molecular formula is C14H24N2O2. The molecule has 1 rings (SSSR count). The number of hydrogen-bond donors (Lipinski definition) is 3. The molecule has 0 saturated heterocycles. The molecule has 0 heterocycles. The molecular weight excluding hydrogens is 228 g/mol. The molecule has 4 N–H and O–H groups in total. The van der Waals surface area contributed by atoms with Crippen LogP contribution in [0.15, 0.2) is 0 Å². The van der Waals surface area contributed by atoms with E-state index in [1.54, 1.807) is 0 Å². The zero-order chi connectivity index (χ0) is 13.2. The van der Waals surface area contributed by atoms with Crippen LogP contribution >= 0.6 is 0 Å². The number of carboxylic acid groups (broad SMARTS) is 1. The van der Waals surface area contributed by atoms with Crippen LogP contribution < -0.4 is 11.1 Å². The van der Waals surface area contributed by atoms with Gasteiger partial charge in [0.1, 0.15) is 6.04 Å². The molecule has 0 bridgehead atoms. The summed E-state index contributed by atoms with van der Waals surface area (Å²) < 4.78 is 0. The maximum Gasteiger partial charge on any atom is 0.320 e. The molecule has 2 atom stereocenters. The van der Waals surface area contributed by atoms with E-state index in [9.17, 15) is 9.90 Å². The fourth-order valence-electron chi connectivity index (χ4n) is 2.14. The third-order valence-electron chi connectivity index (χ3n) is 3.22. The average molecular weight is 252 g/mol. The van der Waals surface area contributed by atoms with Gasteiger partial charge in [-0.15, -0.1) is 5.92 Å². The smallest absolute Gasteiger partial charge is 0.320 e. The number of nitrogens with one attached hydrogen (secondary N) is 1. The Morgan fingerprint density at radius 1 is 1.39 bits per heavy atom. The molecule has 0 aromatic heterocycles. The lowest BCUT2D eigenvalue weighted by atomic mass is 10.0. The van der Waals surface area contributed by atoms with E-state index in [1.165, 1.54) is 12.8 Å². The van der Waals surface area contributed by atoms with Gasteiger partial charge in [0, 0.05) is 6.42 Å². The van der Waals surface area contributed by atoms with E-state index in [1.807, 2.05) is 0 Å². The van der Waals surface area contributed by atoms with Crippen LogP contribution in [0.4, 0.5) is 0 Å². The number of rotatable bonds is 7. The third-order valence-corrected chi connectivity index (χ3v) is 3.22. The Morgan fingerprint density at radius 2 is 2.22 bits per heavy atom. The summed E-state index contributed by atoms with van der Waals surface area (Å²) in [5.41, 5.74) is 5.42. The van der Waals surface area contributed by atoms with Crippen LogP contribution in [0.5, 0.6) is 0 Å². The van der Waals surface area contributed by atoms with Gasteiger partial charge in [-0.05, 0) is 32.2 Å². The van der Waals surface area contributed by atoms with Crippen LogP contribution in [0.1, 0.15) is 51.4 Å². The average Bonchev–Trinajstić information content (AvgIpc) is 2.30. The van der Waals surface area contributed by atoms with Gasteiger partial charge in [0.25, 0.3) is 0 Å². The molecule has 18 heavy (non-hydrogen) atoms. The number of nitrogens with two attached hydrogens (primary N) is 1. The van der Waals surface area contributed by atoms with Crippen molar-refractivity contribution in [3.63, 3.8) is 0 Å². The first kappa shape index (κ1) is 15.0. The van der Waals surface area contributed by atoms with Crippen molar-refractivity contribution in [1.29, 1.82) is 0 Å². The molecule has 0 radical (unpaired) electrons. The normalized spacial score (nSPS) is 21.3. The minimum absolute atomic E-state index is 0.0317.